The summed E-state index contributed by atoms with van der Waals surface area (Å²) in [4.78, 5) is 28.3. The Morgan fingerprint density at radius 1 is 1.00 bits per heavy atom. The Morgan fingerprint density at radius 2 is 1.56 bits per heavy atom. The minimum Gasteiger partial charge on any atom is -0.363 e. The van der Waals surface area contributed by atoms with Gasteiger partial charge in [-0.25, -0.2) is 0 Å². The smallest absolute Gasteiger partial charge is 0.253 e. The first-order valence-electron chi connectivity index (χ1n) is 11.1. The second-order valence-corrected chi connectivity index (χ2v) is 8.85. The molecule has 1 unspecified atom stereocenters. The Hall–Kier alpha value is -3.18. The fraction of sp³-hybridized carbons (Fsp3) is 0.333. The number of hydrogen-bond acceptors (Lipinski definition) is 4. The number of ketones is 1. The summed E-state index contributed by atoms with van der Waals surface area (Å²) in [6.07, 6.45) is 1.42. The van der Waals surface area contributed by atoms with E-state index in [0.29, 0.717) is 34.5 Å². The average molecular weight is 433 g/mol. The Labute approximate surface area is 190 Å². The van der Waals surface area contributed by atoms with Crippen LogP contribution in [0.1, 0.15) is 50.5 Å². The van der Waals surface area contributed by atoms with Crippen molar-refractivity contribution in [1.82, 2.24) is 10.2 Å². The van der Waals surface area contributed by atoms with Crippen molar-refractivity contribution in [3.05, 3.63) is 94.7 Å². The quantitative estimate of drug-likeness (QED) is 0.502. The lowest BCUT2D eigenvalue weighted by Gasteiger charge is -2.40. The van der Waals surface area contributed by atoms with E-state index in [9.17, 15) is 14.7 Å². The van der Waals surface area contributed by atoms with Crippen LogP contribution in [0.25, 0.3) is 0 Å². The molecule has 1 atom stereocenters. The summed E-state index contributed by atoms with van der Waals surface area (Å²) in [5.74, 6) is -0.280. The minimum atomic E-state index is -1.64. The fourth-order valence-corrected chi connectivity index (χ4v) is 4.25. The molecule has 1 aliphatic rings. The summed E-state index contributed by atoms with van der Waals surface area (Å²) >= 11 is 0. The van der Waals surface area contributed by atoms with Crippen molar-refractivity contribution >= 4 is 11.7 Å². The van der Waals surface area contributed by atoms with Gasteiger partial charge in [0.2, 0.25) is 0 Å². The van der Waals surface area contributed by atoms with Crippen LogP contribution in [0.15, 0.2) is 83.6 Å². The molecule has 2 aromatic rings. The standard InChI is InChI=1S/C27H32N2O3/c1-18(2)17-28-26(31)25-20(5)29(19(3)4)27(32,22-14-10-7-11-15-22)23(25)16-24(30)21-12-8-6-9-13-21/h6-16,18-19,32H,17H2,1-5H3,(H,28,31)/b23-16-. The van der Waals surface area contributed by atoms with Crippen molar-refractivity contribution in [2.75, 3.05) is 6.54 Å². The maximum atomic E-state index is 13.3. The van der Waals surface area contributed by atoms with Gasteiger partial charge in [0.1, 0.15) is 0 Å². The van der Waals surface area contributed by atoms with E-state index in [-0.39, 0.29) is 23.7 Å². The molecule has 168 valence electrons. The van der Waals surface area contributed by atoms with Gasteiger partial charge in [-0.05, 0) is 32.8 Å². The molecule has 0 fully saturated rings. The first-order chi connectivity index (χ1) is 15.2. The number of hydrogen-bond donors (Lipinski definition) is 2. The van der Waals surface area contributed by atoms with E-state index in [1.54, 1.807) is 24.3 Å². The minimum absolute atomic E-state index is 0.120. The van der Waals surface area contributed by atoms with Gasteiger partial charge >= 0.3 is 0 Å². The predicted octanol–water partition coefficient (Wildman–Crippen LogP) is 4.41. The van der Waals surface area contributed by atoms with Gasteiger partial charge in [0, 0.05) is 35.0 Å². The zero-order valence-electron chi connectivity index (χ0n) is 19.4. The van der Waals surface area contributed by atoms with Crippen LogP contribution in [0.3, 0.4) is 0 Å². The van der Waals surface area contributed by atoms with Crippen LogP contribution in [-0.2, 0) is 10.5 Å². The molecular formula is C27H32N2O3. The molecule has 5 heteroatoms. The van der Waals surface area contributed by atoms with Gasteiger partial charge in [-0.3, -0.25) is 9.59 Å². The second-order valence-electron chi connectivity index (χ2n) is 8.85. The van der Waals surface area contributed by atoms with E-state index in [4.69, 9.17) is 0 Å². The van der Waals surface area contributed by atoms with Gasteiger partial charge in [0.05, 0.1) is 5.57 Å². The predicted molar refractivity (Wildman–Crippen MR) is 127 cm³/mol. The van der Waals surface area contributed by atoms with Crippen LogP contribution >= 0.6 is 0 Å². The molecule has 0 saturated heterocycles. The SMILES string of the molecule is CC1=C(C(=O)NCC(C)C)/C(=C/C(=O)c2ccccc2)C(O)(c2ccccc2)N1C(C)C. The highest BCUT2D eigenvalue weighted by Gasteiger charge is 2.51. The molecule has 0 bridgehead atoms. The first kappa shape index (κ1) is 23.5. The monoisotopic (exact) mass is 432 g/mol. The van der Waals surface area contributed by atoms with Crippen molar-refractivity contribution in [2.24, 2.45) is 5.92 Å². The van der Waals surface area contributed by atoms with Gasteiger partial charge in [-0.1, -0.05) is 74.5 Å². The number of rotatable bonds is 7. The van der Waals surface area contributed by atoms with Gasteiger partial charge in [0.25, 0.3) is 5.91 Å². The molecule has 3 rings (SSSR count). The fourth-order valence-electron chi connectivity index (χ4n) is 4.25. The molecule has 32 heavy (non-hydrogen) atoms. The Kier molecular flexibility index (Phi) is 6.99. The van der Waals surface area contributed by atoms with E-state index in [0.717, 1.165) is 0 Å². The van der Waals surface area contributed by atoms with E-state index >= 15 is 0 Å². The number of amides is 1. The average Bonchev–Trinajstić information content (AvgIpc) is 3.00. The maximum absolute atomic E-state index is 13.3. The van der Waals surface area contributed by atoms with Gasteiger partial charge in [-0.15, -0.1) is 0 Å². The van der Waals surface area contributed by atoms with Gasteiger partial charge < -0.3 is 15.3 Å². The van der Waals surface area contributed by atoms with Crippen LogP contribution in [0.4, 0.5) is 0 Å². The first-order valence-corrected chi connectivity index (χ1v) is 11.1. The molecule has 0 aromatic heterocycles. The number of nitrogens with zero attached hydrogens (tertiary/aromatic N) is 1. The number of nitrogens with one attached hydrogen (secondary N) is 1. The normalized spacial score (nSPS) is 19.9. The molecule has 1 amide bonds. The van der Waals surface area contributed by atoms with Crippen molar-refractivity contribution in [3.8, 4) is 0 Å². The molecule has 0 spiro atoms. The molecule has 0 saturated carbocycles. The van der Waals surface area contributed by atoms with Crippen molar-refractivity contribution < 1.29 is 14.7 Å². The lowest BCUT2D eigenvalue weighted by atomic mass is 9.89. The van der Waals surface area contributed by atoms with E-state index in [1.165, 1.54) is 6.08 Å². The molecule has 1 heterocycles. The summed E-state index contributed by atoms with van der Waals surface area (Å²) in [5.41, 5.74) is 0.735. The topological polar surface area (TPSA) is 69.6 Å². The van der Waals surface area contributed by atoms with Crippen LogP contribution in [-0.4, -0.2) is 34.3 Å². The number of allylic oxidation sites excluding steroid dienone is 2. The number of carbonyl (C=O) groups excluding carboxylic acids is 2. The highest BCUT2D eigenvalue weighted by Crippen LogP contribution is 2.48. The third kappa shape index (κ3) is 4.39. The zero-order chi connectivity index (χ0) is 23.5. The third-order valence-corrected chi connectivity index (χ3v) is 5.64. The molecule has 2 N–H and O–H groups in total. The Morgan fingerprint density at radius 3 is 2.09 bits per heavy atom. The molecule has 0 radical (unpaired) electrons. The third-order valence-electron chi connectivity index (χ3n) is 5.64. The molecule has 0 aliphatic carbocycles. The van der Waals surface area contributed by atoms with Crippen LogP contribution < -0.4 is 5.32 Å². The van der Waals surface area contributed by atoms with Crippen LogP contribution in [0.2, 0.25) is 0 Å². The zero-order valence-corrected chi connectivity index (χ0v) is 19.4. The Bertz CT molecular complexity index is 1040. The van der Waals surface area contributed by atoms with E-state index < -0.39 is 5.72 Å². The molecule has 2 aromatic carbocycles. The summed E-state index contributed by atoms with van der Waals surface area (Å²) in [6.45, 7) is 10.3. The van der Waals surface area contributed by atoms with Gasteiger partial charge in [0.15, 0.2) is 11.5 Å². The lowest BCUT2D eigenvalue weighted by molar-refractivity contribution is -0.117. The summed E-state index contributed by atoms with van der Waals surface area (Å²) in [6, 6.07) is 18.0. The number of aliphatic hydroxyl groups is 1. The van der Waals surface area contributed by atoms with E-state index in [2.05, 4.69) is 5.32 Å². The van der Waals surface area contributed by atoms with Crippen molar-refractivity contribution in [3.63, 3.8) is 0 Å². The number of carbonyl (C=O) groups is 2. The summed E-state index contributed by atoms with van der Waals surface area (Å²) in [7, 11) is 0. The lowest BCUT2D eigenvalue weighted by Crippen LogP contribution is -2.46. The molecular weight excluding hydrogens is 400 g/mol. The highest BCUT2D eigenvalue weighted by atomic mass is 16.3. The van der Waals surface area contributed by atoms with Crippen molar-refractivity contribution in [1.29, 1.82) is 0 Å². The Balaban J connectivity index is 2.22. The maximum Gasteiger partial charge on any atom is 0.253 e. The largest absolute Gasteiger partial charge is 0.363 e. The summed E-state index contributed by atoms with van der Waals surface area (Å²) in [5, 5.41) is 15.2. The number of benzene rings is 2. The second kappa shape index (κ2) is 9.53. The molecule has 5 nitrogen and oxygen atoms in total. The van der Waals surface area contributed by atoms with E-state index in [1.807, 2.05) is 75.9 Å². The van der Waals surface area contributed by atoms with Crippen LogP contribution in [0, 0.1) is 5.92 Å². The van der Waals surface area contributed by atoms with Crippen molar-refractivity contribution in [2.45, 2.75) is 46.4 Å². The van der Waals surface area contributed by atoms with Crippen LogP contribution in [0.5, 0.6) is 0 Å². The van der Waals surface area contributed by atoms with Gasteiger partial charge in [-0.2, -0.15) is 0 Å². The summed E-state index contributed by atoms with van der Waals surface area (Å²) < 4.78 is 0. The molecule has 1 aliphatic heterocycles. The highest BCUT2D eigenvalue weighted by molar-refractivity contribution is 6.08.